The van der Waals surface area contributed by atoms with Crippen LogP contribution in [0.15, 0.2) is 22.4 Å². The van der Waals surface area contributed by atoms with E-state index in [0.717, 1.165) is 12.2 Å². The van der Waals surface area contributed by atoms with Gasteiger partial charge in [0, 0.05) is 6.07 Å². The summed E-state index contributed by atoms with van der Waals surface area (Å²) >= 11 is 0. The molecule has 0 radical (unpaired) electrons. The average molecular weight is 191 g/mol. The Bertz CT molecular complexity index is 303. The Morgan fingerprint density at radius 2 is 2.21 bits per heavy atom. The summed E-state index contributed by atoms with van der Waals surface area (Å²) in [7, 11) is 0. The lowest BCUT2D eigenvalue weighted by molar-refractivity contribution is 0.408. The van der Waals surface area contributed by atoms with Crippen molar-refractivity contribution in [2.45, 2.75) is 45.4 Å². The summed E-state index contributed by atoms with van der Waals surface area (Å²) in [5, 5.41) is 3.79. The van der Waals surface area contributed by atoms with Gasteiger partial charge in [0.1, 0.15) is 0 Å². The van der Waals surface area contributed by atoms with E-state index in [2.05, 4.69) is 12.1 Å². The van der Waals surface area contributed by atoms with Gasteiger partial charge in [0.15, 0.2) is 5.76 Å². The summed E-state index contributed by atoms with van der Waals surface area (Å²) in [6, 6.07) is 1.98. The van der Waals surface area contributed by atoms with E-state index in [0.29, 0.717) is 0 Å². The van der Waals surface area contributed by atoms with Crippen LogP contribution in [0.1, 0.15) is 51.2 Å². The molecule has 2 rings (SSSR count). The second-order valence-corrected chi connectivity index (χ2v) is 3.92. The van der Waals surface area contributed by atoms with E-state index in [-0.39, 0.29) is 0 Å². The zero-order valence-electron chi connectivity index (χ0n) is 8.75. The SMILES string of the molecule is CCCC(=C1CCCC1)c1ccno1. The maximum Gasteiger partial charge on any atom is 0.162 e. The van der Waals surface area contributed by atoms with Crippen molar-refractivity contribution in [2.75, 3.05) is 0 Å². The fourth-order valence-electron chi connectivity index (χ4n) is 2.20. The van der Waals surface area contributed by atoms with E-state index in [1.165, 1.54) is 37.7 Å². The second kappa shape index (κ2) is 4.45. The summed E-state index contributed by atoms with van der Waals surface area (Å²) < 4.78 is 5.25. The standard InChI is InChI=1S/C12H17NO/c1-2-5-11(10-6-3-4-7-10)12-8-9-13-14-12/h8-9H,2-7H2,1H3. The highest BCUT2D eigenvalue weighted by Crippen LogP contribution is 2.33. The predicted molar refractivity (Wildman–Crippen MR) is 56.8 cm³/mol. The molecule has 1 fully saturated rings. The topological polar surface area (TPSA) is 26.0 Å². The molecule has 14 heavy (non-hydrogen) atoms. The van der Waals surface area contributed by atoms with Crippen molar-refractivity contribution in [1.82, 2.24) is 5.16 Å². The fraction of sp³-hybridized carbons (Fsp3) is 0.583. The van der Waals surface area contributed by atoms with Gasteiger partial charge < -0.3 is 4.52 Å². The first kappa shape index (κ1) is 9.50. The maximum atomic E-state index is 5.25. The normalized spacial score (nSPS) is 16.2. The molecule has 1 aromatic rings. The monoisotopic (exact) mass is 191 g/mol. The molecule has 0 saturated heterocycles. The van der Waals surface area contributed by atoms with E-state index < -0.39 is 0 Å². The van der Waals surface area contributed by atoms with Crippen LogP contribution in [-0.4, -0.2) is 5.16 Å². The Kier molecular flexibility index (Phi) is 3.02. The largest absolute Gasteiger partial charge is 0.357 e. The lowest BCUT2D eigenvalue weighted by Gasteiger charge is -2.06. The highest BCUT2D eigenvalue weighted by molar-refractivity contribution is 5.65. The Balaban J connectivity index is 2.27. The fourth-order valence-corrected chi connectivity index (χ4v) is 2.20. The van der Waals surface area contributed by atoms with Crippen LogP contribution in [0.4, 0.5) is 0 Å². The number of nitrogens with zero attached hydrogens (tertiary/aromatic N) is 1. The molecule has 1 heterocycles. The zero-order chi connectivity index (χ0) is 9.80. The molecule has 0 unspecified atom stereocenters. The van der Waals surface area contributed by atoms with Crippen LogP contribution < -0.4 is 0 Å². The number of aromatic nitrogens is 1. The molecule has 2 heteroatoms. The highest BCUT2D eigenvalue weighted by Gasteiger charge is 2.15. The molecule has 0 spiro atoms. The molecule has 0 N–H and O–H groups in total. The molecular formula is C12H17NO. The summed E-state index contributed by atoms with van der Waals surface area (Å²) in [5.74, 6) is 0.990. The summed E-state index contributed by atoms with van der Waals surface area (Å²) in [6.45, 7) is 2.21. The lowest BCUT2D eigenvalue weighted by Crippen LogP contribution is -1.87. The van der Waals surface area contributed by atoms with Crippen LogP contribution in [0.25, 0.3) is 5.57 Å². The third-order valence-corrected chi connectivity index (χ3v) is 2.87. The van der Waals surface area contributed by atoms with Gasteiger partial charge in [-0.25, -0.2) is 0 Å². The smallest absolute Gasteiger partial charge is 0.162 e. The van der Waals surface area contributed by atoms with E-state index in [1.807, 2.05) is 6.07 Å². The summed E-state index contributed by atoms with van der Waals surface area (Å²) in [5.41, 5.74) is 3.02. The first-order valence-electron chi connectivity index (χ1n) is 5.53. The molecule has 0 aromatic carbocycles. The van der Waals surface area contributed by atoms with Crippen molar-refractivity contribution in [3.8, 4) is 0 Å². The minimum absolute atomic E-state index is 0.990. The van der Waals surface area contributed by atoms with Gasteiger partial charge in [-0.1, -0.05) is 24.1 Å². The van der Waals surface area contributed by atoms with Crippen LogP contribution in [0.5, 0.6) is 0 Å². The van der Waals surface area contributed by atoms with E-state index in [9.17, 15) is 0 Å². The Hall–Kier alpha value is -1.05. The second-order valence-electron chi connectivity index (χ2n) is 3.92. The van der Waals surface area contributed by atoms with Gasteiger partial charge in [-0.05, 0) is 37.7 Å². The van der Waals surface area contributed by atoms with Crippen LogP contribution in [0.3, 0.4) is 0 Å². The third-order valence-electron chi connectivity index (χ3n) is 2.87. The molecule has 1 aliphatic rings. The van der Waals surface area contributed by atoms with Crippen LogP contribution in [0, 0.1) is 0 Å². The first-order valence-corrected chi connectivity index (χ1v) is 5.53. The molecule has 0 aliphatic heterocycles. The Morgan fingerprint density at radius 1 is 1.43 bits per heavy atom. The highest BCUT2D eigenvalue weighted by atomic mass is 16.5. The number of rotatable bonds is 3. The van der Waals surface area contributed by atoms with Crippen molar-refractivity contribution in [2.24, 2.45) is 0 Å². The molecule has 1 aromatic heterocycles. The van der Waals surface area contributed by atoms with Gasteiger partial charge in [0.2, 0.25) is 0 Å². The Labute approximate surface area is 85.0 Å². The van der Waals surface area contributed by atoms with Crippen molar-refractivity contribution in [3.63, 3.8) is 0 Å². The van der Waals surface area contributed by atoms with Gasteiger partial charge in [0.05, 0.1) is 6.20 Å². The minimum atomic E-state index is 0.990. The first-order chi connectivity index (χ1) is 6.92. The molecule has 0 amide bonds. The van der Waals surface area contributed by atoms with Crippen LogP contribution >= 0.6 is 0 Å². The molecular weight excluding hydrogens is 174 g/mol. The lowest BCUT2D eigenvalue weighted by atomic mass is 10.00. The van der Waals surface area contributed by atoms with Crippen LogP contribution in [0.2, 0.25) is 0 Å². The number of hydrogen-bond acceptors (Lipinski definition) is 2. The molecule has 1 aliphatic carbocycles. The molecule has 2 nitrogen and oxygen atoms in total. The maximum absolute atomic E-state index is 5.25. The Morgan fingerprint density at radius 3 is 2.79 bits per heavy atom. The van der Waals surface area contributed by atoms with Crippen molar-refractivity contribution in [3.05, 3.63) is 23.6 Å². The van der Waals surface area contributed by atoms with Gasteiger partial charge in [0.25, 0.3) is 0 Å². The van der Waals surface area contributed by atoms with E-state index in [4.69, 9.17) is 4.52 Å². The molecule has 0 bridgehead atoms. The summed E-state index contributed by atoms with van der Waals surface area (Å²) in [6.07, 6.45) is 9.25. The van der Waals surface area contributed by atoms with Gasteiger partial charge in [-0.3, -0.25) is 0 Å². The van der Waals surface area contributed by atoms with Gasteiger partial charge >= 0.3 is 0 Å². The van der Waals surface area contributed by atoms with Crippen molar-refractivity contribution >= 4 is 5.57 Å². The zero-order valence-corrected chi connectivity index (χ0v) is 8.75. The van der Waals surface area contributed by atoms with Gasteiger partial charge in [-0.15, -0.1) is 0 Å². The molecule has 0 atom stereocenters. The predicted octanol–water partition coefficient (Wildman–Crippen LogP) is 3.80. The number of hydrogen-bond donors (Lipinski definition) is 0. The minimum Gasteiger partial charge on any atom is -0.357 e. The van der Waals surface area contributed by atoms with E-state index in [1.54, 1.807) is 11.8 Å². The third kappa shape index (κ3) is 1.89. The van der Waals surface area contributed by atoms with Gasteiger partial charge in [-0.2, -0.15) is 0 Å². The average Bonchev–Trinajstić information content (AvgIpc) is 2.87. The summed E-state index contributed by atoms with van der Waals surface area (Å²) in [4.78, 5) is 0. The van der Waals surface area contributed by atoms with Crippen molar-refractivity contribution in [1.29, 1.82) is 0 Å². The quantitative estimate of drug-likeness (QED) is 0.726. The van der Waals surface area contributed by atoms with Crippen LogP contribution in [-0.2, 0) is 0 Å². The molecule has 76 valence electrons. The van der Waals surface area contributed by atoms with Crippen molar-refractivity contribution < 1.29 is 4.52 Å². The molecule has 1 saturated carbocycles. The van der Waals surface area contributed by atoms with E-state index >= 15 is 0 Å². The number of allylic oxidation sites excluding steroid dienone is 2.